The van der Waals surface area contributed by atoms with Gasteiger partial charge in [0.15, 0.2) is 0 Å². The number of hydrogen-bond acceptors (Lipinski definition) is 2. The summed E-state index contributed by atoms with van der Waals surface area (Å²) in [4.78, 5) is 22.4. The lowest BCUT2D eigenvalue weighted by Gasteiger charge is -2.05. The van der Waals surface area contributed by atoms with E-state index in [1.54, 1.807) is 0 Å². The third-order valence-corrected chi connectivity index (χ3v) is 2.35. The van der Waals surface area contributed by atoms with Gasteiger partial charge in [0.2, 0.25) is 5.91 Å². The topological polar surface area (TPSA) is 58.2 Å². The largest absolute Gasteiger partial charge is 0.358 e. The van der Waals surface area contributed by atoms with Crippen LogP contribution in [0.1, 0.15) is 10.4 Å². The first-order valence-electron chi connectivity index (χ1n) is 4.48. The lowest BCUT2D eigenvalue weighted by atomic mass is 10.2. The maximum Gasteiger partial charge on any atom is 0.254 e. The number of hydrogen-bond donors (Lipinski definition) is 2. The predicted molar refractivity (Wildman–Crippen MR) is 60.5 cm³/mol. The van der Waals surface area contributed by atoms with Crippen LogP contribution in [0.25, 0.3) is 0 Å². The monoisotopic (exact) mass is 288 g/mol. The maximum absolute atomic E-state index is 13.2. The van der Waals surface area contributed by atoms with E-state index in [0.717, 1.165) is 0 Å². The van der Waals surface area contributed by atoms with Gasteiger partial charge in [-0.3, -0.25) is 9.59 Å². The van der Waals surface area contributed by atoms with Crippen LogP contribution in [0.4, 0.5) is 4.39 Å². The molecule has 2 N–H and O–H groups in total. The molecule has 0 unspecified atom stereocenters. The minimum atomic E-state index is -0.627. The van der Waals surface area contributed by atoms with Crippen molar-refractivity contribution in [3.05, 3.63) is 34.1 Å². The van der Waals surface area contributed by atoms with Crippen LogP contribution in [0.3, 0.4) is 0 Å². The van der Waals surface area contributed by atoms with Gasteiger partial charge in [0.25, 0.3) is 5.91 Å². The van der Waals surface area contributed by atoms with Crippen molar-refractivity contribution in [2.45, 2.75) is 0 Å². The van der Waals surface area contributed by atoms with Gasteiger partial charge in [0.05, 0.1) is 12.1 Å². The Morgan fingerprint density at radius 2 is 2.12 bits per heavy atom. The molecule has 0 aliphatic heterocycles. The predicted octanol–water partition coefficient (Wildman–Crippen LogP) is 1.06. The summed E-state index contributed by atoms with van der Waals surface area (Å²) in [5.41, 5.74) is -0.0988. The SMILES string of the molecule is CNC(=O)CNC(=O)c1cc(Br)ccc1F. The van der Waals surface area contributed by atoms with Crippen molar-refractivity contribution in [1.82, 2.24) is 10.6 Å². The molecule has 0 saturated carbocycles. The lowest BCUT2D eigenvalue weighted by Crippen LogP contribution is -2.35. The van der Waals surface area contributed by atoms with Crippen LogP contribution < -0.4 is 10.6 Å². The quantitative estimate of drug-likeness (QED) is 0.874. The molecular weight excluding hydrogens is 279 g/mol. The second kappa shape index (κ2) is 5.60. The number of carbonyl (C=O) groups excluding carboxylic acids is 2. The molecule has 4 nitrogen and oxygen atoms in total. The molecule has 1 rings (SSSR count). The second-order valence-corrected chi connectivity index (χ2v) is 3.90. The fourth-order valence-corrected chi connectivity index (χ4v) is 1.38. The minimum Gasteiger partial charge on any atom is -0.358 e. The fraction of sp³-hybridized carbons (Fsp3) is 0.200. The minimum absolute atomic E-state index is 0.0988. The number of halogens is 2. The van der Waals surface area contributed by atoms with E-state index in [1.165, 1.54) is 25.2 Å². The zero-order valence-electron chi connectivity index (χ0n) is 8.51. The molecule has 0 aliphatic carbocycles. The number of likely N-dealkylation sites (N-methyl/N-ethyl adjacent to an activating group) is 1. The van der Waals surface area contributed by atoms with E-state index in [0.29, 0.717) is 4.47 Å². The molecule has 1 aromatic carbocycles. The number of rotatable bonds is 3. The van der Waals surface area contributed by atoms with Crippen LogP contribution in [0.2, 0.25) is 0 Å². The van der Waals surface area contributed by atoms with Crippen molar-refractivity contribution < 1.29 is 14.0 Å². The standard InChI is InChI=1S/C10H10BrFN2O2/c1-13-9(15)5-14-10(16)7-4-6(11)2-3-8(7)12/h2-4H,5H2,1H3,(H,13,15)(H,14,16). The van der Waals surface area contributed by atoms with Crippen LogP contribution in [0, 0.1) is 5.82 Å². The van der Waals surface area contributed by atoms with Crippen LogP contribution in [-0.4, -0.2) is 25.4 Å². The zero-order chi connectivity index (χ0) is 12.1. The third-order valence-electron chi connectivity index (χ3n) is 1.86. The molecule has 0 saturated heterocycles. The van der Waals surface area contributed by atoms with Gasteiger partial charge in [-0.25, -0.2) is 4.39 Å². The summed E-state index contributed by atoms with van der Waals surface area (Å²) < 4.78 is 13.8. The molecule has 0 fully saturated rings. The van der Waals surface area contributed by atoms with E-state index in [9.17, 15) is 14.0 Å². The maximum atomic E-state index is 13.2. The van der Waals surface area contributed by atoms with Crippen LogP contribution in [0.5, 0.6) is 0 Å². The van der Waals surface area contributed by atoms with E-state index in [2.05, 4.69) is 26.6 Å². The average Bonchev–Trinajstić information content (AvgIpc) is 2.28. The van der Waals surface area contributed by atoms with E-state index in [1.807, 2.05) is 0 Å². The van der Waals surface area contributed by atoms with E-state index < -0.39 is 11.7 Å². The first kappa shape index (κ1) is 12.6. The summed E-state index contributed by atoms with van der Waals surface area (Å²) in [6.07, 6.45) is 0. The van der Waals surface area contributed by atoms with Gasteiger partial charge in [-0.1, -0.05) is 15.9 Å². The second-order valence-electron chi connectivity index (χ2n) is 2.98. The van der Waals surface area contributed by atoms with Crippen molar-refractivity contribution in [2.75, 3.05) is 13.6 Å². The summed E-state index contributed by atoms with van der Waals surface area (Å²) in [5.74, 6) is -1.59. The van der Waals surface area contributed by atoms with Crippen molar-refractivity contribution in [1.29, 1.82) is 0 Å². The highest BCUT2D eigenvalue weighted by Gasteiger charge is 2.12. The first-order chi connectivity index (χ1) is 7.54. The van der Waals surface area contributed by atoms with Crippen molar-refractivity contribution >= 4 is 27.7 Å². The average molecular weight is 289 g/mol. The Bertz CT molecular complexity index is 423. The van der Waals surface area contributed by atoms with Gasteiger partial charge in [-0.2, -0.15) is 0 Å². The third kappa shape index (κ3) is 3.30. The molecule has 0 bridgehead atoms. The van der Waals surface area contributed by atoms with Gasteiger partial charge >= 0.3 is 0 Å². The summed E-state index contributed by atoms with van der Waals surface area (Å²) in [7, 11) is 1.45. The Labute approximate surface area is 100 Å². The van der Waals surface area contributed by atoms with Gasteiger partial charge in [0.1, 0.15) is 5.82 Å². The van der Waals surface area contributed by atoms with Crippen molar-refractivity contribution in [3.63, 3.8) is 0 Å². The highest BCUT2D eigenvalue weighted by atomic mass is 79.9. The molecule has 6 heteroatoms. The molecule has 86 valence electrons. The molecule has 0 radical (unpaired) electrons. The summed E-state index contributed by atoms with van der Waals surface area (Å²) in [6, 6.07) is 4.03. The summed E-state index contributed by atoms with van der Waals surface area (Å²) in [6.45, 7) is -0.179. The Morgan fingerprint density at radius 3 is 2.75 bits per heavy atom. The van der Waals surface area contributed by atoms with Gasteiger partial charge in [0, 0.05) is 11.5 Å². The molecule has 0 atom stereocenters. The Kier molecular flexibility index (Phi) is 4.42. The molecule has 0 heterocycles. The van der Waals surface area contributed by atoms with Crippen molar-refractivity contribution in [3.8, 4) is 0 Å². The molecule has 0 aromatic heterocycles. The molecule has 1 aromatic rings. The molecule has 0 aliphatic rings. The Balaban J connectivity index is 2.73. The normalized spacial score (nSPS) is 9.69. The molecule has 2 amide bonds. The molecule has 0 spiro atoms. The van der Waals surface area contributed by atoms with Crippen molar-refractivity contribution in [2.24, 2.45) is 0 Å². The smallest absolute Gasteiger partial charge is 0.254 e. The number of benzene rings is 1. The number of carbonyl (C=O) groups is 2. The molecular formula is C10H10BrFN2O2. The zero-order valence-corrected chi connectivity index (χ0v) is 10.1. The molecule has 16 heavy (non-hydrogen) atoms. The van der Waals surface area contributed by atoms with Crippen LogP contribution >= 0.6 is 15.9 Å². The van der Waals surface area contributed by atoms with Gasteiger partial charge < -0.3 is 10.6 Å². The fourth-order valence-electron chi connectivity index (χ4n) is 1.02. The summed E-state index contributed by atoms with van der Waals surface area (Å²) in [5, 5.41) is 4.65. The van der Waals surface area contributed by atoms with E-state index in [-0.39, 0.29) is 18.0 Å². The lowest BCUT2D eigenvalue weighted by molar-refractivity contribution is -0.119. The van der Waals surface area contributed by atoms with E-state index >= 15 is 0 Å². The number of amides is 2. The first-order valence-corrected chi connectivity index (χ1v) is 5.27. The number of nitrogens with one attached hydrogen (secondary N) is 2. The Morgan fingerprint density at radius 1 is 1.44 bits per heavy atom. The Hall–Kier alpha value is -1.43. The van der Waals surface area contributed by atoms with Crippen LogP contribution in [-0.2, 0) is 4.79 Å². The highest BCUT2D eigenvalue weighted by Crippen LogP contribution is 2.15. The van der Waals surface area contributed by atoms with E-state index in [4.69, 9.17) is 0 Å². The summed E-state index contributed by atoms with van der Waals surface area (Å²) >= 11 is 3.13. The highest BCUT2D eigenvalue weighted by molar-refractivity contribution is 9.10. The van der Waals surface area contributed by atoms with Gasteiger partial charge in [-0.15, -0.1) is 0 Å². The van der Waals surface area contributed by atoms with Gasteiger partial charge in [-0.05, 0) is 18.2 Å². The van der Waals surface area contributed by atoms with Crippen LogP contribution in [0.15, 0.2) is 22.7 Å².